The van der Waals surface area contributed by atoms with E-state index in [-0.39, 0.29) is 5.95 Å². The molecule has 0 aliphatic rings. The molecule has 0 atom stereocenters. The maximum absolute atomic E-state index is 8.81. The first-order chi connectivity index (χ1) is 10.0. The van der Waals surface area contributed by atoms with Crippen molar-refractivity contribution in [2.45, 2.75) is 19.8 Å². The number of hydrogen-bond donors (Lipinski definition) is 1. The van der Waals surface area contributed by atoms with Crippen LogP contribution in [0.15, 0.2) is 18.2 Å². The van der Waals surface area contributed by atoms with Gasteiger partial charge in [0, 0.05) is 17.7 Å². The van der Waals surface area contributed by atoms with Gasteiger partial charge in [0.25, 0.3) is 0 Å². The minimum absolute atomic E-state index is 0.159. The summed E-state index contributed by atoms with van der Waals surface area (Å²) in [4.78, 5) is 8.12. The fourth-order valence-electron chi connectivity index (χ4n) is 2.14. The van der Waals surface area contributed by atoms with Crippen LogP contribution in [0.3, 0.4) is 0 Å². The van der Waals surface area contributed by atoms with Crippen LogP contribution in [0.4, 0.5) is 5.95 Å². The van der Waals surface area contributed by atoms with E-state index in [1.165, 1.54) is 0 Å². The summed E-state index contributed by atoms with van der Waals surface area (Å²) in [7, 11) is 1.61. The van der Waals surface area contributed by atoms with E-state index in [0.29, 0.717) is 18.0 Å². The van der Waals surface area contributed by atoms with Crippen molar-refractivity contribution in [3.8, 4) is 11.8 Å². The number of nitrogens with two attached hydrogens (primary N) is 1. The van der Waals surface area contributed by atoms with Crippen molar-refractivity contribution in [3.05, 3.63) is 45.7 Å². The highest BCUT2D eigenvalue weighted by Gasteiger charge is 2.13. The normalized spacial score (nSPS) is 10.2. The molecule has 6 heteroatoms. The molecule has 0 saturated heterocycles. The maximum Gasteiger partial charge on any atom is 0.221 e. The summed E-state index contributed by atoms with van der Waals surface area (Å²) in [6, 6.07) is 7.80. The van der Waals surface area contributed by atoms with E-state index in [9.17, 15) is 0 Å². The molecule has 21 heavy (non-hydrogen) atoms. The highest BCUT2D eigenvalue weighted by molar-refractivity contribution is 6.30. The van der Waals surface area contributed by atoms with Crippen LogP contribution < -0.4 is 10.5 Å². The molecule has 0 aliphatic carbocycles. The van der Waals surface area contributed by atoms with Crippen molar-refractivity contribution in [1.29, 1.82) is 5.26 Å². The summed E-state index contributed by atoms with van der Waals surface area (Å²) in [6.07, 6.45) is 0.870. The molecule has 0 unspecified atom stereocenters. The topological polar surface area (TPSA) is 84.8 Å². The first-order valence-electron chi connectivity index (χ1n) is 6.36. The van der Waals surface area contributed by atoms with Crippen molar-refractivity contribution < 1.29 is 4.74 Å². The average molecular weight is 303 g/mol. The predicted octanol–water partition coefficient (Wildman–Crippen LogP) is 2.69. The average Bonchev–Trinajstić information content (AvgIpc) is 2.43. The van der Waals surface area contributed by atoms with Crippen LogP contribution in [0.5, 0.6) is 5.75 Å². The lowest BCUT2D eigenvalue weighted by Crippen LogP contribution is -2.04. The number of nitrogens with zero attached hydrogens (tertiary/aromatic N) is 3. The third kappa shape index (κ3) is 3.41. The van der Waals surface area contributed by atoms with Gasteiger partial charge in [-0.1, -0.05) is 23.7 Å². The molecule has 0 spiro atoms. The first kappa shape index (κ1) is 15.1. The zero-order chi connectivity index (χ0) is 15.4. The van der Waals surface area contributed by atoms with E-state index in [0.717, 1.165) is 28.1 Å². The third-order valence-corrected chi connectivity index (χ3v) is 3.49. The van der Waals surface area contributed by atoms with Gasteiger partial charge in [-0.2, -0.15) is 5.26 Å². The highest BCUT2D eigenvalue weighted by Crippen LogP contribution is 2.27. The van der Waals surface area contributed by atoms with Gasteiger partial charge in [0.1, 0.15) is 10.9 Å². The van der Waals surface area contributed by atoms with Gasteiger partial charge in [0.05, 0.1) is 19.6 Å². The van der Waals surface area contributed by atoms with E-state index in [2.05, 4.69) is 16.0 Å². The van der Waals surface area contributed by atoms with Gasteiger partial charge in [0.2, 0.25) is 5.95 Å². The van der Waals surface area contributed by atoms with E-state index in [1.54, 1.807) is 7.11 Å². The lowest BCUT2D eigenvalue weighted by Gasteiger charge is -2.12. The van der Waals surface area contributed by atoms with Gasteiger partial charge < -0.3 is 10.5 Å². The second kappa shape index (κ2) is 6.42. The molecular weight excluding hydrogens is 288 g/mol. The number of benzene rings is 1. The van der Waals surface area contributed by atoms with Gasteiger partial charge in [-0.15, -0.1) is 0 Å². The number of hydrogen-bond acceptors (Lipinski definition) is 5. The number of ether oxygens (including phenoxy) is 1. The van der Waals surface area contributed by atoms with Crippen molar-refractivity contribution in [3.63, 3.8) is 0 Å². The Bertz CT molecular complexity index is 686. The van der Waals surface area contributed by atoms with E-state index in [4.69, 9.17) is 27.3 Å². The monoisotopic (exact) mass is 302 g/mol. The number of halogens is 1. The zero-order valence-corrected chi connectivity index (χ0v) is 12.6. The fraction of sp³-hybridized carbons (Fsp3) is 0.267. The van der Waals surface area contributed by atoms with Crippen LogP contribution >= 0.6 is 11.6 Å². The van der Waals surface area contributed by atoms with E-state index < -0.39 is 0 Å². The predicted molar refractivity (Wildman–Crippen MR) is 81.3 cm³/mol. The Labute approximate surface area is 128 Å². The standard InChI is InChI=1S/C15H15ClN4O/c1-9-12(14(16)20-15(18)19-9)8-11-7-10(5-6-17)3-4-13(11)21-2/h3-4,7H,5,8H2,1-2H3,(H2,18,19,20). The van der Waals surface area contributed by atoms with Gasteiger partial charge >= 0.3 is 0 Å². The summed E-state index contributed by atoms with van der Waals surface area (Å²) in [6.45, 7) is 1.84. The van der Waals surface area contributed by atoms with Gasteiger partial charge in [-0.25, -0.2) is 9.97 Å². The highest BCUT2D eigenvalue weighted by atomic mass is 35.5. The zero-order valence-electron chi connectivity index (χ0n) is 11.9. The number of methoxy groups -OCH3 is 1. The fourth-order valence-corrected chi connectivity index (χ4v) is 2.43. The van der Waals surface area contributed by atoms with E-state index >= 15 is 0 Å². The lowest BCUT2D eigenvalue weighted by atomic mass is 10.0. The van der Waals surface area contributed by atoms with Crippen LogP contribution in [0.25, 0.3) is 0 Å². The maximum atomic E-state index is 8.81. The first-order valence-corrected chi connectivity index (χ1v) is 6.74. The molecule has 0 radical (unpaired) electrons. The molecule has 2 N–H and O–H groups in total. The number of nitrogen functional groups attached to an aromatic ring is 1. The summed E-state index contributed by atoms with van der Waals surface area (Å²) in [5.41, 5.74) is 8.98. The van der Waals surface area contributed by atoms with Crippen molar-refractivity contribution in [1.82, 2.24) is 9.97 Å². The molecule has 1 aromatic heterocycles. The lowest BCUT2D eigenvalue weighted by molar-refractivity contribution is 0.410. The van der Waals surface area contributed by atoms with Crippen LogP contribution in [-0.4, -0.2) is 17.1 Å². The Kier molecular flexibility index (Phi) is 4.61. The summed E-state index contributed by atoms with van der Waals surface area (Å²) in [5.74, 6) is 0.899. The number of aryl methyl sites for hydroxylation is 1. The van der Waals surface area contributed by atoms with E-state index in [1.807, 2.05) is 25.1 Å². The van der Waals surface area contributed by atoms with Crippen LogP contribution in [0, 0.1) is 18.3 Å². The second-order valence-electron chi connectivity index (χ2n) is 4.59. The molecule has 2 rings (SSSR count). The van der Waals surface area contributed by atoms with Crippen LogP contribution in [0.2, 0.25) is 5.15 Å². The van der Waals surface area contributed by atoms with Crippen molar-refractivity contribution >= 4 is 17.5 Å². The third-order valence-electron chi connectivity index (χ3n) is 3.18. The molecule has 0 fully saturated rings. The minimum atomic E-state index is 0.159. The number of rotatable bonds is 4. The smallest absolute Gasteiger partial charge is 0.221 e. The molecule has 2 aromatic rings. The van der Waals surface area contributed by atoms with Crippen molar-refractivity contribution in [2.75, 3.05) is 12.8 Å². The summed E-state index contributed by atoms with van der Waals surface area (Å²) in [5, 5.41) is 9.15. The largest absolute Gasteiger partial charge is 0.496 e. The Hall–Kier alpha value is -2.32. The quantitative estimate of drug-likeness (QED) is 0.878. The van der Waals surface area contributed by atoms with Crippen LogP contribution in [-0.2, 0) is 12.8 Å². The number of anilines is 1. The Morgan fingerprint density at radius 2 is 2.14 bits per heavy atom. The molecular formula is C15H15ClN4O. The molecule has 1 aromatic carbocycles. The van der Waals surface area contributed by atoms with Gasteiger partial charge in [0.15, 0.2) is 0 Å². The molecule has 0 saturated carbocycles. The minimum Gasteiger partial charge on any atom is -0.496 e. The van der Waals surface area contributed by atoms with Gasteiger partial charge in [-0.3, -0.25) is 0 Å². The summed E-state index contributed by atoms with van der Waals surface area (Å²) < 4.78 is 5.36. The number of aromatic nitrogens is 2. The van der Waals surface area contributed by atoms with Crippen LogP contribution in [0.1, 0.15) is 22.4 Å². The van der Waals surface area contributed by atoms with Crippen molar-refractivity contribution in [2.24, 2.45) is 0 Å². The molecule has 5 nitrogen and oxygen atoms in total. The molecule has 0 amide bonds. The molecule has 0 bridgehead atoms. The Balaban J connectivity index is 2.43. The summed E-state index contributed by atoms with van der Waals surface area (Å²) >= 11 is 6.16. The SMILES string of the molecule is COc1ccc(CC#N)cc1Cc1c(C)nc(N)nc1Cl. The molecule has 1 heterocycles. The number of nitriles is 1. The van der Waals surface area contributed by atoms with Gasteiger partial charge in [-0.05, 0) is 24.1 Å². The molecule has 0 aliphatic heterocycles. The molecule has 108 valence electrons. The second-order valence-corrected chi connectivity index (χ2v) is 4.95. The Morgan fingerprint density at radius 3 is 2.76 bits per heavy atom. The Morgan fingerprint density at radius 1 is 1.38 bits per heavy atom.